The van der Waals surface area contributed by atoms with E-state index in [0.717, 1.165) is 24.8 Å². The summed E-state index contributed by atoms with van der Waals surface area (Å²) < 4.78 is 71.7. The van der Waals surface area contributed by atoms with Crippen LogP contribution in [0.1, 0.15) is 96.2 Å². The lowest BCUT2D eigenvalue weighted by Crippen LogP contribution is -2.34. The van der Waals surface area contributed by atoms with Crippen molar-refractivity contribution in [1.29, 1.82) is 0 Å². The molecule has 12 heteroatoms. The summed E-state index contributed by atoms with van der Waals surface area (Å²) in [5.74, 6) is 1.93. The second kappa shape index (κ2) is 21.8. The Morgan fingerprint density at radius 3 is 2.13 bits per heavy atom. The van der Waals surface area contributed by atoms with Crippen molar-refractivity contribution in [3.8, 4) is 11.5 Å². The first kappa shape index (κ1) is 39.3. The molecule has 1 atom stereocenters. The van der Waals surface area contributed by atoms with Gasteiger partial charge in [0.1, 0.15) is 18.1 Å². The van der Waals surface area contributed by atoms with Crippen LogP contribution in [0.15, 0.2) is 54.5 Å². The lowest BCUT2D eigenvalue weighted by atomic mass is 10.0. The molecule has 1 amide bonds. The zero-order valence-electron chi connectivity index (χ0n) is 27.4. The highest BCUT2D eigenvalue weighted by atomic mass is 31.2. The molecule has 2 aromatic rings. The van der Waals surface area contributed by atoms with Crippen LogP contribution in [-0.4, -0.2) is 42.9 Å². The molecule has 8 nitrogen and oxygen atoms in total. The number of alkyl halides is 3. The van der Waals surface area contributed by atoms with Crippen LogP contribution in [0.4, 0.5) is 13.2 Å². The number of ether oxygens (including phenoxy) is 2. The van der Waals surface area contributed by atoms with Crippen molar-refractivity contribution in [3.05, 3.63) is 65.7 Å². The second-order valence-corrected chi connectivity index (χ2v) is 12.9. The quantitative estimate of drug-likeness (QED) is 0.0878. The molecular weight excluding hydrogens is 620 g/mol. The minimum atomic E-state index is -4.43. The molecule has 1 aromatic carbocycles. The van der Waals surface area contributed by atoms with Gasteiger partial charge in [-0.1, -0.05) is 76.5 Å². The Morgan fingerprint density at radius 2 is 1.52 bits per heavy atom. The maximum atomic E-state index is 13.0. The van der Waals surface area contributed by atoms with E-state index in [1.165, 1.54) is 62.7 Å². The number of carbonyl (C=O) groups excluding carboxylic acids is 1. The second-order valence-electron chi connectivity index (χ2n) is 11.0. The van der Waals surface area contributed by atoms with E-state index in [-0.39, 0.29) is 31.5 Å². The largest absolute Gasteiger partial charge is 0.487 e. The van der Waals surface area contributed by atoms with E-state index in [1.807, 2.05) is 12.1 Å². The van der Waals surface area contributed by atoms with E-state index < -0.39 is 26.4 Å². The van der Waals surface area contributed by atoms with E-state index in [0.29, 0.717) is 24.3 Å². The number of nitrogens with zero attached hydrogens (tertiary/aromatic N) is 1. The molecule has 258 valence electrons. The fourth-order valence-electron chi connectivity index (χ4n) is 4.66. The van der Waals surface area contributed by atoms with Gasteiger partial charge in [-0.05, 0) is 50.5 Å². The summed E-state index contributed by atoms with van der Waals surface area (Å²) in [6.45, 7) is 4.78. The van der Waals surface area contributed by atoms with Crippen LogP contribution in [0, 0.1) is 0 Å². The number of carbonyl (C=O) groups is 1. The first-order chi connectivity index (χ1) is 22.1. The van der Waals surface area contributed by atoms with Gasteiger partial charge in [-0.15, -0.1) is 0 Å². The van der Waals surface area contributed by atoms with Crippen LogP contribution in [0.25, 0.3) is 0 Å². The molecule has 1 aromatic heterocycles. The third-order valence-corrected chi connectivity index (χ3v) is 8.70. The van der Waals surface area contributed by atoms with Gasteiger partial charge >= 0.3 is 13.8 Å². The molecule has 0 unspecified atom stereocenters. The van der Waals surface area contributed by atoms with Crippen molar-refractivity contribution in [1.82, 2.24) is 10.3 Å². The number of hydrogen-bond acceptors (Lipinski definition) is 7. The van der Waals surface area contributed by atoms with Gasteiger partial charge in [0.2, 0.25) is 5.91 Å². The smallest absolute Gasteiger partial charge is 0.422 e. The van der Waals surface area contributed by atoms with Crippen molar-refractivity contribution in [2.45, 2.75) is 110 Å². The molecule has 0 radical (unpaired) electrons. The standard InChI is InChI=1S/C34H50F3N2O6P/c1-4-7-8-9-10-11-12-13-14-15-33(40)39-29(21-23-46(41,44-5-2)45-6-3)24-28-16-18-31(19-17-28)42-26-30-25-32(20-22-38-30)43-27-34(35,36)37/h16-23,25,29H,4-15,24,26-27H2,1-3H3,(H,39,40)/b23-21+/t29-/m0/s1. The van der Waals surface area contributed by atoms with Crippen molar-refractivity contribution in [3.63, 3.8) is 0 Å². The van der Waals surface area contributed by atoms with E-state index >= 15 is 0 Å². The summed E-state index contributed by atoms with van der Waals surface area (Å²) in [4.78, 5) is 17.0. The van der Waals surface area contributed by atoms with Crippen LogP contribution >= 0.6 is 7.60 Å². The Morgan fingerprint density at radius 1 is 0.891 bits per heavy atom. The fraction of sp³-hybridized carbons (Fsp3) is 0.588. The van der Waals surface area contributed by atoms with Gasteiger partial charge in [-0.3, -0.25) is 14.3 Å². The molecule has 46 heavy (non-hydrogen) atoms. The maximum Gasteiger partial charge on any atom is 0.422 e. The molecule has 1 N–H and O–H groups in total. The minimum Gasteiger partial charge on any atom is -0.487 e. The Hall–Kier alpha value is -2.88. The summed E-state index contributed by atoms with van der Waals surface area (Å²) in [5.41, 5.74) is 1.31. The van der Waals surface area contributed by atoms with Gasteiger partial charge in [0.05, 0.1) is 24.9 Å². The normalized spacial score (nSPS) is 12.7. The average Bonchev–Trinajstić information content (AvgIpc) is 3.02. The van der Waals surface area contributed by atoms with E-state index in [1.54, 1.807) is 32.1 Å². The van der Waals surface area contributed by atoms with E-state index in [2.05, 4.69) is 17.2 Å². The number of pyridine rings is 1. The lowest BCUT2D eigenvalue weighted by molar-refractivity contribution is -0.153. The van der Waals surface area contributed by atoms with Crippen LogP contribution in [-0.2, 0) is 31.4 Å². The summed E-state index contributed by atoms with van der Waals surface area (Å²) in [5, 5.41) is 3.05. The SMILES string of the molecule is CCCCCCCCCCCC(=O)N[C@@H](/C=C/P(=O)(OCC)OCC)Cc1ccc(OCc2cc(OCC(F)(F)F)ccn2)cc1. The van der Waals surface area contributed by atoms with Gasteiger partial charge < -0.3 is 23.8 Å². The number of rotatable bonds is 24. The summed E-state index contributed by atoms with van der Waals surface area (Å²) in [7, 11) is -3.45. The van der Waals surface area contributed by atoms with Gasteiger partial charge in [-0.25, -0.2) is 0 Å². The molecule has 0 saturated heterocycles. The van der Waals surface area contributed by atoms with Crippen LogP contribution < -0.4 is 14.8 Å². The maximum absolute atomic E-state index is 13.0. The number of amides is 1. The van der Waals surface area contributed by atoms with Crippen molar-refractivity contribution in [2.24, 2.45) is 0 Å². The summed E-state index contributed by atoms with van der Waals surface area (Å²) in [6.07, 6.45) is 9.92. The van der Waals surface area contributed by atoms with Crippen LogP contribution in [0.5, 0.6) is 11.5 Å². The Labute approximate surface area is 272 Å². The van der Waals surface area contributed by atoms with Gasteiger partial charge in [0.15, 0.2) is 6.61 Å². The number of aromatic nitrogens is 1. The lowest BCUT2D eigenvalue weighted by Gasteiger charge is -2.18. The first-order valence-corrected chi connectivity index (χ1v) is 17.9. The molecule has 0 spiro atoms. The Balaban J connectivity index is 1.96. The number of benzene rings is 1. The third kappa shape index (κ3) is 17.7. The predicted molar refractivity (Wildman–Crippen MR) is 174 cm³/mol. The van der Waals surface area contributed by atoms with Crippen molar-refractivity contribution < 1.29 is 41.1 Å². The van der Waals surface area contributed by atoms with Gasteiger partial charge in [-0.2, -0.15) is 13.2 Å². The topological polar surface area (TPSA) is 96.0 Å². The highest BCUT2D eigenvalue weighted by molar-refractivity contribution is 7.57. The summed E-state index contributed by atoms with van der Waals surface area (Å²) in [6, 6.07) is 9.53. The Bertz CT molecular complexity index is 1200. The zero-order chi connectivity index (χ0) is 33.7. The number of hydrogen-bond donors (Lipinski definition) is 1. The number of nitrogens with one attached hydrogen (secondary N) is 1. The Kier molecular flexibility index (Phi) is 18.6. The molecule has 0 aliphatic heterocycles. The molecule has 0 aliphatic carbocycles. The molecule has 0 saturated carbocycles. The van der Waals surface area contributed by atoms with Crippen LogP contribution in [0.3, 0.4) is 0 Å². The molecule has 0 fully saturated rings. The summed E-state index contributed by atoms with van der Waals surface area (Å²) >= 11 is 0. The van der Waals surface area contributed by atoms with E-state index in [4.69, 9.17) is 18.5 Å². The van der Waals surface area contributed by atoms with Crippen molar-refractivity contribution in [2.75, 3.05) is 19.8 Å². The van der Waals surface area contributed by atoms with E-state index in [9.17, 15) is 22.5 Å². The minimum absolute atomic E-state index is 0.0347. The highest BCUT2D eigenvalue weighted by Crippen LogP contribution is 2.49. The molecule has 1 heterocycles. The molecular formula is C34H50F3N2O6P. The number of unbranched alkanes of at least 4 members (excludes halogenated alkanes) is 8. The molecule has 0 bridgehead atoms. The third-order valence-electron chi connectivity index (χ3n) is 6.93. The molecule has 0 aliphatic rings. The molecule has 2 rings (SSSR count). The zero-order valence-corrected chi connectivity index (χ0v) is 28.3. The average molecular weight is 671 g/mol. The van der Waals surface area contributed by atoms with Gasteiger partial charge in [0.25, 0.3) is 0 Å². The fourth-order valence-corrected chi connectivity index (χ4v) is 6.04. The monoisotopic (exact) mass is 670 g/mol. The first-order valence-electron chi connectivity index (χ1n) is 16.3. The van der Waals surface area contributed by atoms with Gasteiger partial charge in [0, 0.05) is 24.5 Å². The highest BCUT2D eigenvalue weighted by Gasteiger charge is 2.28. The van der Waals surface area contributed by atoms with Crippen LogP contribution in [0.2, 0.25) is 0 Å². The van der Waals surface area contributed by atoms with Crippen molar-refractivity contribution >= 4 is 13.5 Å². The predicted octanol–water partition coefficient (Wildman–Crippen LogP) is 9.33. The number of halogens is 3.